The average molecular weight is 383 g/mol. The zero-order valence-electron chi connectivity index (χ0n) is 16.9. The largest absolute Gasteiger partial charge is 0.465 e. The van der Waals surface area contributed by atoms with Crippen LogP contribution in [0.4, 0.5) is 0 Å². The number of likely N-dealkylation sites (tertiary alicyclic amines) is 1. The van der Waals surface area contributed by atoms with Crippen LogP contribution in [0.5, 0.6) is 0 Å². The van der Waals surface area contributed by atoms with Crippen molar-refractivity contribution in [1.82, 2.24) is 15.2 Å². The molecule has 0 spiro atoms. The van der Waals surface area contributed by atoms with Gasteiger partial charge in [0.05, 0.1) is 12.7 Å². The smallest absolute Gasteiger partial charge is 0.339 e. The predicted molar refractivity (Wildman–Crippen MR) is 108 cm³/mol. The molecule has 0 bridgehead atoms. The maximum Gasteiger partial charge on any atom is 0.339 e. The van der Waals surface area contributed by atoms with E-state index in [0.717, 1.165) is 38.2 Å². The third-order valence-electron chi connectivity index (χ3n) is 5.47. The Morgan fingerprint density at radius 1 is 1.21 bits per heavy atom. The Morgan fingerprint density at radius 2 is 1.89 bits per heavy atom. The van der Waals surface area contributed by atoms with Gasteiger partial charge in [-0.1, -0.05) is 37.3 Å². The van der Waals surface area contributed by atoms with Crippen LogP contribution < -0.4 is 5.32 Å². The quantitative estimate of drug-likeness (QED) is 0.752. The lowest BCUT2D eigenvalue weighted by molar-refractivity contribution is 0.0599. The highest BCUT2D eigenvalue weighted by molar-refractivity contribution is 6.00. The van der Waals surface area contributed by atoms with Gasteiger partial charge in [0.2, 0.25) is 0 Å². The number of carbonyl (C=O) groups is 2. The Kier molecular flexibility index (Phi) is 6.52. The predicted octanol–water partition coefficient (Wildman–Crippen LogP) is 3.07. The summed E-state index contributed by atoms with van der Waals surface area (Å²) in [4.78, 5) is 30.4. The standard InChI is InChI=1S/C22H29N3O3/c1-4-18-19(22(27)28-3)15(2)20(24-18)21(26)23-17-10-12-25(13-11-17)14-16-8-6-5-7-9-16/h5-9,17,24H,4,10-14H2,1-3H3,(H,23,26). The maximum atomic E-state index is 12.8. The van der Waals surface area contributed by atoms with Gasteiger partial charge < -0.3 is 15.0 Å². The third kappa shape index (κ3) is 4.44. The molecule has 0 radical (unpaired) electrons. The van der Waals surface area contributed by atoms with E-state index in [1.54, 1.807) is 6.92 Å². The molecule has 0 saturated carbocycles. The molecule has 1 aliphatic heterocycles. The molecule has 150 valence electrons. The van der Waals surface area contributed by atoms with Crippen molar-refractivity contribution in [2.24, 2.45) is 0 Å². The molecule has 1 aromatic carbocycles. The normalized spacial score (nSPS) is 15.4. The lowest BCUT2D eigenvalue weighted by atomic mass is 10.0. The van der Waals surface area contributed by atoms with E-state index in [1.807, 2.05) is 13.0 Å². The van der Waals surface area contributed by atoms with Gasteiger partial charge in [-0.3, -0.25) is 9.69 Å². The van der Waals surface area contributed by atoms with Crippen molar-refractivity contribution >= 4 is 11.9 Å². The molecular weight excluding hydrogens is 354 g/mol. The zero-order valence-corrected chi connectivity index (χ0v) is 16.9. The van der Waals surface area contributed by atoms with Crippen molar-refractivity contribution in [3.8, 4) is 0 Å². The number of piperidine rings is 1. The lowest BCUT2D eigenvalue weighted by Gasteiger charge is -2.32. The number of nitrogens with one attached hydrogen (secondary N) is 2. The summed E-state index contributed by atoms with van der Waals surface area (Å²) < 4.78 is 4.87. The van der Waals surface area contributed by atoms with Crippen molar-refractivity contribution in [2.75, 3.05) is 20.2 Å². The van der Waals surface area contributed by atoms with Gasteiger partial charge in [0, 0.05) is 31.4 Å². The molecule has 28 heavy (non-hydrogen) atoms. The monoisotopic (exact) mass is 383 g/mol. The van der Waals surface area contributed by atoms with Crippen molar-refractivity contribution in [2.45, 2.75) is 45.7 Å². The second-order valence-electron chi connectivity index (χ2n) is 7.33. The second-order valence-corrected chi connectivity index (χ2v) is 7.33. The van der Waals surface area contributed by atoms with Crippen molar-refractivity contribution in [1.29, 1.82) is 0 Å². The van der Waals surface area contributed by atoms with E-state index in [9.17, 15) is 9.59 Å². The minimum Gasteiger partial charge on any atom is -0.465 e. The van der Waals surface area contributed by atoms with Gasteiger partial charge in [0.1, 0.15) is 5.69 Å². The molecule has 0 unspecified atom stereocenters. The van der Waals surface area contributed by atoms with E-state index in [4.69, 9.17) is 4.74 Å². The fourth-order valence-electron chi connectivity index (χ4n) is 3.86. The minimum absolute atomic E-state index is 0.147. The summed E-state index contributed by atoms with van der Waals surface area (Å²) in [5, 5.41) is 3.13. The number of methoxy groups -OCH3 is 1. The van der Waals surface area contributed by atoms with Gasteiger partial charge in [-0.25, -0.2) is 4.79 Å². The molecule has 2 heterocycles. The summed E-state index contributed by atoms with van der Waals surface area (Å²) in [6.07, 6.45) is 2.47. The van der Waals surface area contributed by atoms with Crippen molar-refractivity contribution in [3.05, 3.63) is 58.4 Å². The van der Waals surface area contributed by atoms with Crippen LogP contribution in [-0.2, 0) is 17.7 Å². The molecule has 2 N–H and O–H groups in total. The van der Waals surface area contributed by atoms with Crippen LogP contribution in [0, 0.1) is 6.92 Å². The van der Waals surface area contributed by atoms with Crippen LogP contribution in [0.25, 0.3) is 0 Å². The van der Waals surface area contributed by atoms with Gasteiger partial charge in [-0.15, -0.1) is 0 Å². The van der Waals surface area contributed by atoms with Gasteiger partial charge in [-0.05, 0) is 37.3 Å². The molecule has 6 heteroatoms. The first-order valence-corrected chi connectivity index (χ1v) is 9.90. The van der Waals surface area contributed by atoms with Gasteiger partial charge in [0.25, 0.3) is 5.91 Å². The summed E-state index contributed by atoms with van der Waals surface area (Å²) >= 11 is 0. The summed E-state index contributed by atoms with van der Waals surface area (Å²) in [7, 11) is 1.36. The Balaban J connectivity index is 1.59. The highest BCUT2D eigenvalue weighted by Gasteiger charge is 2.26. The second kappa shape index (κ2) is 9.06. The van der Waals surface area contributed by atoms with E-state index >= 15 is 0 Å². The van der Waals surface area contributed by atoms with E-state index < -0.39 is 5.97 Å². The maximum absolute atomic E-state index is 12.8. The first kappa shape index (κ1) is 20.1. The molecule has 3 rings (SSSR count). The molecule has 1 fully saturated rings. The van der Waals surface area contributed by atoms with Crippen LogP contribution in [0.1, 0.15) is 57.4 Å². The Labute approximate surface area is 166 Å². The van der Waals surface area contributed by atoms with Crippen molar-refractivity contribution < 1.29 is 14.3 Å². The fraction of sp³-hybridized carbons (Fsp3) is 0.455. The minimum atomic E-state index is -0.404. The molecule has 1 amide bonds. The molecule has 0 aliphatic carbocycles. The molecule has 1 aromatic heterocycles. The number of rotatable bonds is 6. The highest BCUT2D eigenvalue weighted by Crippen LogP contribution is 2.21. The Morgan fingerprint density at radius 3 is 2.50 bits per heavy atom. The number of ether oxygens (including phenoxy) is 1. The number of benzene rings is 1. The number of H-pyrrole nitrogens is 1. The molecule has 1 saturated heterocycles. The van der Waals surface area contributed by atoms with E-state index in [2.05, 4.69) is 39.5 Å². The van der Waals surface area contributed by atoms with Crippen LogP contribution in [-0.4, -0.2) is 48.0 Å². The number of aromatic nitrogens is 1. The fourth-order valence-corrected chi connectivity index (χ4v) is 3.86. The van der Waals surface area contributed by atoms with Crippen LogP contribution in [0.3, 0.4) is 0 Å². The number of nitrogens with zero attached hydrogens (tertiary/aromatic N) is 1. The Hall–Kier alpha value is -2.60. The first-order chi connectivity index (χ1) is 13.5. The van der Waals surface area contributed by atoms with Gasteiger partial charge in [0.15, 0.2) is 0 Å². The molecule has 6 nitrogen and oxygen atoms in total. The first-order valence-electron chi connectivity index (χ1n) is 9.90. The number of hydrogen-bond donors (Lipinski definition) is 2. The van der Waals surface area contributed by atoms with Crippen LogP contribution in [0.2, 0.25) is 0 Å². The SMILES string of the molecule is CCc1[nH]c(C(=O)NC2CCN(Cc3ccccc3)CC2)c(C)c1C(=O)OC. The summed E-state index contributed by atoms with van der Waals surface area (Å²) in [5.74, 6) is -0.553. The molecule has 1 aliphatic rings. The molecule has 2 aromatic rings. The number of aryl methyl sites for hydroxylation is 1. The number of carbonyl (C=O) groups excluding carboxylic acids is 2. The van der Waals surface area contributed by atoms with Crippen molar-refractivity contribution in [3.63, 3.8) is 0 Å². The van der Waals surface area contributed by atoms with Gasteiger partial charge >= 0.3 is 5.97 Å². The topological polar surface area (TPSA) is 74.4 Å². The van der Waals surface area contributed by atoms with E-state index in [1.165, 1.54) is 12.7 Å². The molecular formula is C22H29N3O3. The third-order valence-corrected chi connectivity index (χ3v) is 5.47. The number of hydrogen-bond acceptors (Lipinski definition) is 4. The lowest BCUT2D eigenvalue weighted by Crippen LogP contribution is -2.44. The summed E-state index contributed by atoms with van der Waals surface area (Å²) in [6.45, 7) is 6.59. The van der Waals surface area contributed by atoms with Crippen LogP contribution in [0.15, 0.2) is 30.3 Å². The van der Waals surface area contributed by atoms with Crippen LogP contribution >= 0.6 is 0 Å². The highest BCUT2D eigenvalue weighted by atomic mass is 16.5. The summed E-state index contributed by atoms with van der Waals surface area (Å²) in [5.41, 5.74) is 3.65. The number of aromatic amines is 1. The number of amides is 1. The van der Waals surface area contributed by atoms with Gasteiger partial charge in [-0.2, -0.15) is 0 Å². The number of esters is 1. The molecule has 0 atom stereocenters. The van der Waals surface area contributed by atoms with E-state index in [0.29, 0.717) is 23.2 Å². The van der Waals surface area contributed by atoms with E-state index in [-0.39, 0.29) is 11.9 Å². The Bertz CT molecular complexity index is 821. The average Bonchev–Trinajstić information content (AvgIpc) is 3.06. The zero-order chi connectivity index (χ0) is 20.1. The summed E-state index contributed by atoms with van der Waals surface area (Å²) in [6, 6.07) is 10.6.